The number of nitrogens with one attached hydrogen (secondary N) is 1. The van der Waals surface area contributed by atoms with Crippen LogP contribution in [0, 0.1) is 0 Å². The summed E-state index contributed by atoms with van der Waals surface area (Å²) in [5.74, 6) is -0.344. The predicted molar refractivity (Wildman–Crippen MR) is 87.2 cm³/mol. The minimum atomic E-state index is -0.399. The van der Waals surface area contributed by atoms with Crippen molar-refractivity contribution in [2.45, 2.75) is 5.16 Å². The van der Waals surface area contributed by atoms with E-state index < -0.39 is 5.97 Å². The van der Waals surface area contributed by atoms with Crippen molar-refractivity contribution < 1.29 is 9.53 Å². The molecule has 0 saturated carbocycles. The van der Waals surface area contributed by atoms with Crippen LogP contribution in [-0.4, -0.2) is 38.6 Å². The predicted octanol–water partition coefficient (Wildman–Crippen LogP) is 2.03. The van der Waals surface area contributed by atoms with Gasteiger partial charge in [-0.25, -0.2) is 9.67 Å². The van der Waals surface area contributed by atoms with Gasteiger partial charge < -0.3 is 9.72 Å². The Morgan fingerprint density at radius 3 is 2.83 bits per heavy atom. The van der Waals surface area contributed by atoms with Crippen molar-refractivity contribution >= 4 is 40.4 Å². The summed E-state index contributed by atoms with van der Waals surface area (Å²) >= 11 is 6.97. The standard InChI is InChI=1S/C14H11ClN4O3S/c1-22-11(20)7-23-14-17-12-10(13(21)18-14)6-16-19(12)9-4-2-8(15)3-5-9/h2-6H,7H2,1H3,(H,17,18,21). The average molecular weight is 351 g/mol. The van der Waals surface area contributed by atoms with Crippen LogP contribution in [0.15, 0.2) is 40.4 Å². The Kier molecular flexibility index (Phi) is 4.35. The van der Waals surface area contributed by atoms with E-state index in [1.165, 1.54) is 13.3 Å². The van der Waals surface area contributed by atoms with Gasteiger partial charge in [0.2, 0.25) is 0 Å². The number of thioether (sulfide) groups is 1. The SMILES string of the molecule is COC(=O)CSc1nc2c(cnn2-c2ccc(Cl)cc2)c(=O)[nH]1. The number of nitrogens with zero attached hydrogens (tertiary/aromatic N) is 3. The molecule has 0 aliphatic heterocycles. The summed E-state index contributed by atoms with van der Waals surface area (Å²) in [5.41, 5.74) is 0.817. The number of carbonyl (C=O) groups excluding carboxylic acids is 1. The fourth-order valence-corrected chi connectivity index (χ4v) is 2.74. The van der Waals surface area contributed by atoms with Crippen molar-refractivity contribution in [1.82, 2.24) is 19.7 Å². The van der Waals surface area contributed by atoms with Crippen LogP contribution >= 0.6 is 23.4 Å². The van der Waals surface area contributed by atoms with E-state index in [2.05, 4.69) is 19.8 Å². The molecule has 1 aromatic carbocycles. The highest BCUT2D eigenvalue weighted by atomic mass is 35.5. The molecule has 0 amide bonds. The lowest BCUT2D eigenvalue weighted by molar-refractivity contribution is -0.137. The number of benzene rings is 1. The van der Waals surface area contributed by atoms with Crippen LogP contribution in [0.5, 0.6) is 0 Å². The van der Waals surface area contributed by atoms with Gasteiger partial charge in [0.1, 0.15) is 5.39 Å². The van der Waals surface area contributed by atoms with Gasteiger partial charge in [-0.2, -0.15) is 5.10 Å². The van der Waals surface area contributed by atoms with Gasteiger partial charge in [0.15, 0.2) is 10.8 Å². The number of methoxy groups -OCH3 is 1. The Bertz CT molecular complexity index is 920. The third kappa shape index (κ3) is 3.22. The van der Waals surface area contributed by atoms with Crippen LogP contribution in [0.1, 0.15) is 0 Å². The Morgan fingerprint density at radius 2 is 2.13 bits per heavy atom. The normalized spacial score (nSPS) is 10.9. The minimum absolute atomic E-state index is 0.0556. The largest absolute Gasteiger partial charge is 0.468 e. The number of halogens is 1. The maximum Gasteiger partial charge on any atom is 0.316 e. The average Bonchev–Trinajstić information content (AvgIpc) is 2.98. The van der Waals surface area contributed by atoms with E-state index in [4.69, 9.17) is 11.6 Å². The molecule has 2 heterocycles. The summed E-state index contributed by atoms with van der Waals surface area (Å²) in [6.07, 6.45) is 1.45. The second kappa shape index (κ2) is 6.43. The zero-order valence-electron chi connectivity index (χ0n) is 11.9. The number of ether oxygens (including phenoxy) is 1. The van der Waals surface area contributed by atoms with Gasteiger partial charge in [0.05, 0.1) is 24.7 Å². The van der Waals surface area contributed by atoms with Crippen molar-refractivity contribution in [1.29, 1.82) is 0 Å². The van der Waals surface area contributed by atoms with Crippen molar-refractivity contribution in [3.05, 3.63) is 45.8 Å². The molecule has 0 fully saturated rings. The van der Waals surface area contributed by atoms with E-state index in [9.17, 15) is 9.59 Å². The van der Waals surface area contributed by atoms with Crippen molar-refractivity contribution in [2.75, 3.05) is 12.9 Å². The van der Waals surface area contributed by atoms with Gasteiger partial charge in [0.25, 0.3) is 5.56 Å². The van der Waals surface area contributed by atoms with Gasteiger partial charge in [-0.1, -0.05) is 23.4 Å². The fraction of sp³-hybridized carbons (Fsp3) is 0.143. The third-order valence-electron chi connectivity index (χ3n) is 3.04. The first-order valence-electron chi connectivity index (χ1n) is 6.52. The molecule has 9 heteroatoms. The number of hydrogen-bond acceptors (Lipinski definition) is 6. The van der Waals surface area contributed by atoms with Crippen molar-refractivity contribution in [3.8, 4) is 5.69 Å². The number of H-pyrrole nitrogens is 1. The Labute approximate surface area is 139 Å². The Hall–Kier alpha value is -2.32. The van der Waals surface area contributed by atoms with Crippen molar-refractivity contribution in [2.24, 2.45) is 0 Å². The summed E-state index contributed by atoms with van der Waals surface area (Å²) in [4.78, 5) is 30.3. The van der Waals surface area contributed by atoms with Crippen LogP contribution in [0.4, 0.5) is 0 Å². The second-order valence-corrected chi connectivity index (χ2v) is 5.91. The topological polar surface area (TPSA) is 89.9 Å². The highest BCUT2D eigenvalue weighted by Crippen LogP contribution is 2.19. The zero-order valence-corrected chi connectivity index (χ0v) is 13.5. The molecule has 0 aliphatic rings. The first kappa shape index (κ1) is 15.6. The summed E-state index contributed by atoms with van der Waals surface area (Å²) in [6.45, 7) is 0. The lowest BCUT2D eigenvalue weighted by atomic mass is 10.3. The van der Waals surface area contributed by atoms with Gasteiger partial charge in [-0.3, -0.25) is 9.59 Å². The first-order valence-corrected chi connectivity index (χ1v) is 7.88. The number of aromatic nitrogens is 4. The maximum atomic E-state index is 12.1. The van der Waals surface area contributed by atoms with Gasteiger partial charge in [0, 0.05) is 5.02 Å². The monoisotopic (exact) mass is 350 g/mol. The quantitative estimate of drug-likeness (QED) is 0.440. The molecule has 0 atom stereocenters. The highest BCUT2D eigenvalue weighted by molar-refractivity contribution is 7.99. The number of rotatable bonds is 4. The molecule has 118 valence electrons. The van der Waals surface area contributed by atoms with Crippen LogP contribution in [0.3, 0.4) is 0 Å². The fourth-order valence-electron chi connectivity index (χ4n) is 1.92. The van der Waals surface area contributed by atoms with Crippen molar-refractivity contribution in [3.63, 3.8) is 0 Å². The van der Waals surface area contributed by atoms with Gasteiger partial charge >= 0.3 is 5.97 Å². The molecular weight excluding hydrogens is 340 g/mol. The van der Waals surface area contributed by atoms with E-state index in [0.29, 0.717) is 21.2 Å². The molecule has 0 bridgehead atoms. The molecule has 0 unspecified atom stereocenters. The molecule has 3 aromatic rings. The third-order valence-corrected chi connectivity index (χ3v) is 4.14. The van der Waals surface area contributed by atoms with Gasteiger partial charge in [-0.15, -0.1) is 0 Å². The molecule has 23 heavy (non-hydrogen) atoms. The number of fused-ring (bicyclic) bond motifs is 1. The zero-order chi connectivity index (χ0) is 16.4. The molecule has 2 aromatic heterocycles. The summed E-state index contributed by atoms with van der Waals surface area (Å²) in [6, 6.07) is 7.01. The van der Waals surface area contributed by atoms with Crippen LogP contribution < -0.4 is 5.56 Å². The molecule has 0 aliphatic carbocycles. The number of esters is 1. The maximum absolute atomic E-state index is 12.1. The summed E-state index contributed by atoms with van der Waals surface area (Å²) in [5, 5.41) is 5.49. The van der Waals surface area contributed by atoms with Gasteiger partial charge in [-0.05, 0) is 24.3 Å². The Morgan fingerprint density at radius 1 is 1.39 bits per heavy atom. The molecule has 0 saturated heterocycles. The minimum Gasteiger partial charge on any atom is -0.468 e. The summed E-state index contributed by atoms with van der Waals surface area (Å²) in [7, 11) is 1.30. The smallest absolute Gasteiger partial charge is 0.316 e. The first-order chi connectivity index (χ1) is 11.1. The number of carbonyl (C=O) groups is 1. The molecule has 0 radical (unpaired) electrons. The highest BCUT2D eigenvalue weighted by Gasteiger charge is 2.13. The molecule has 1 N–H and O–H groups in total. The number of aromatic amines is 1. The number of hydrogen-bond donors (Lipinski definition) is 1. The van der Waals surface area contributed by atoms with E-state index in [0.717, 1.165) is 17.4 Å². The second-order valence-electron chi connectivity index (χ2n) is 4.51. The lowest BCUT2D eigenvalue weighted by Crippen LogP contribution is -2.11. The Balaban J connectivity index is 2.03. The molecule has 3 rings (SSSR count). The van der Waals surface area contributed by atoms with Crippen LogP contribution in [0.2, 0.25) is 5.02 Å². The van der Waals surface area contributed by atoms with E-state index >= 15 is 0 Å². The molecule has 7 nitrogen and oxygen atoms in total. The lowest BCUT2D eigenvalue weighted by Gasteiger charge is -2.04. The van der Waals surface area contributed by atoms with E-state index in [1.807, 2.05) is 0 Å². The van der Waals surface area contributed by atoms with E-state index in [1.54, 1.807) is 28.9 Å². The van der Waals surface area contributed by atoms with Crippen LogP contribution in [-0.2, 0) is 9.53 Å². The molecule has 0 spiro atoms. The van der Waals surface area contributed by atoms with Crippen LogP contribution in [0.25, 0.3) is 16.7 Å². The van der Waals surface area contributed by atoms with E-state index in [-0.39, 0.29) is 11.3 Å². The summed E-state index contributed by atoms with van der Waals surface area (Å²) < 4.78 is 6.11. The molecular formula is C14H11ClN4O3S.